The Balaban J connectivity index is 0.000000627. The first-order valence-electron chi connectivity index (χ1n) is 20.6. The van der Waals surface area contributed by atoms with Gasteiger partial charge in [-0.3, -0.25) is 0 Å². The summed E-state index contributed by atoms with van der Waals surface area (Å²) in [6, 6.07) is 43.1. The average Bonchev–Trinajstić information content (AvgIpc) is 3.48. The Morgan fingerprint density at radius 1 is 0.415 bits per heavy atom. The van der Waals surface area contributed by atoms with Gasteiger partial charge in [-0.15, -0.1) is 0 Å². The molecule has 4 aromatic rings. The molecular weight excluding hydrogens is 687 g/mol. The second-order valence-electron chi connectivity index (χ2n) is 14.1. The molecule has 0 saturated carbocycles. The number of hydrogen-bond donors (Lipinski definition) is 0. The molecule has 1 aliphatic heterocycles. The van der Waals surface area contributed by atoms with Crippen molar-refractivity contribution in [2.45, 2.75) is 143 Å². The molecule has 4 aromatic carbocycles. The van der Waals surface area contributed by atoms with Crippen molar-refractivity contribution in [1.29, 1.82) is 0 Å². The molecule has 0 spiro atoms. The fourth-order valence-corrected chi connectivity index (χ4v) is 6.72. The predicted molar refractivity (Wildman–Crippen MR) is 225 cm³/mol. The van der Waals surface area contributed by atoms with Gasteiger partial charge in [0.25, 0.3) is 0 Å². The van der Waals surface area contributed by atoms with E-state index in [-0.39, 0.29) is 16.5 Å². The number of hydrogen-bond acceptors (Lipinski definition) is 0. The molecule has 0 bridgehead atoms. The predicted octanol–water partition coefficient (Wildman–Crippen LogP) is 15.2. The molecule has 0 radical (unpaired) electrons. The van der Waals surface area contributed by atoms with Gasteiger partial charge in [0.05, 0.1) is 0 Å². The first-order chi connectivity index (χ1) is 25.6. The summed E-state index contributed by atoms with van der Waals surface area (Å²) in [6.45, 7) is 9.08. The van der Waals surface area contributed by atoms with E-state index < -0.39 is 0 Å². The molecule has 0 amide bonds. The Hall–Kier alpha value is -3.55. The van der Waals surface area contributed by atoms with E-state index in [0.717, 1.165) is 48.2 Å². The van der Waals surface area contributed by atoms with E-state index in [2.05, 4.69) is 88.4 Å². The van der Waals surface area contributed by atoms with Gasteiger partial charge >= 0.3 is 16.5 Å². The van der Waals surface area contributed by atoms with Gasteiger partial charge in [-0.2, -0.15) is 72.8 Å². The van der Waals surface area contributed by atoms with Gasteiger partial charge in [0.15, 0.2) is 0 Å². The second-order valence-corrected chi connectivity index (χ2v) is 14.1. The fourth-order valence-electron chi connectivity index (χ4n) is 6.72. The minimum Gasteiger partial charge on any atom is -0.493 e. The van der Waals surface area contributed by atoms with Gasteiger partial charge in [-0.25, -0.2) is 4.70 Å². The summed E-state index contributed by atoms with van der Waals surface area (Å²) in [6.07, 6.45) is 21.8. The molecule has 0 atom stereocenters. The Bertz CT molecular complexity index is 1470. The molecule has 53 heavy (non-hydrogen) atoms. The van der Waals surface area contributed by atoms with E-state index in [0.29, 0.717) is 0 Å². The smallest absolute Gasteiger partial charge is 0.493 e. The Kier molecular flexibility index (Phi) is 24.9. The third-order valence-corrected chi connectivity index (χ3v) is 9.73. The number of aryl methyl sites for hydroxylation is 2. The van der Waals surface area contributed by atoms with Gasteiger partial charge in [-0.05, 0) is 86.8 Å². The minimum atomic E-state index is 0. The third-order valence-electron chi connectivity index (χ3n) is 9.73. The molecule has 0 unspecified atom stereocenters. The van der Waals surface area contributed by atoms with Gasteiger partial charge in [0, 0.05) is 22.3 Å². The summed E-state index contributed by atoms with van der Waals surface area (Å²) in [5, 5.41) is 0. The van der Waals surface area contributed by atoms with Crippen molar-refractivity contribution >= 4 is 11.4 Å². The van der Waals surface area contributed by atoms with Crippen LogP contribution in [0, 0.1) is 12.1 Å². The largest absolute Gasteiger partial charge is 2.00 e. The van der Waals surface area contributed by atoms with Crippen molar-refractivity contribution in [2.75, 3.05) is 0 Å². The zero-order chi connectivity index (χ0) is 37.1. The van der Waals surface area contributed by atoms with Crippen molar-refractivity contribution < 1.29 is 21.2 Å². The summed E-state index contributed by atoms with van der Waals surface area (Å²) < 4.78 is 1.56. The maximum absolute atomic E-state index is 11.9. The van der Waals surface area contributed by atoms with Crippen molar-refractivity contribution in [3.63, 3.8) is 0 Å². The molecule has 5 rings (SSSR count). The van der Waals surface area contributed by atoms with Crippen LogP contribution >= 0.6 is 0 Å². The van der Waals surface area contributed by atoms with Crippen LogP contribution in [0.1, 0.15) is 153 Å². The zero-order valence-corrected chi connectivity index (χ0v) is 34.3. The van der Waals surface area contributed by atoms with Crippen LogP contribution < -0.4 is 0 Å². The Morgan fingerprint density at radius 2 is 0.755 bits per heavy atom. The molecule has 0 N–H and O–H groups in total. The monoisotopic (exact) mass is 752 g/mol. The molecule has 0 saturated heterocycles. The molecule has 0 aliphatic carbocycles. The number of rotatable bonds is 20. The van der Waals surface area contributed by atoms with E-state index in [1.165, 1.54) is 112 Å². The van der Waals surface area contributed by atoms with Crippen molar-refractivity contribution in [3.8, 4) is 0 Å². The molecule has 1 aliphatic rings. The van der Waals surface area contributed by atoms with Gasteiger partial charge in [0.2, 0.25) is 11.4 Å². The van der Waals surface area contributed by atoms with Gasteiger partial charge in [0.1, 0.15) is 0 Å². The number of nitrogens with zero attached hydrogens (tertiary/aromatic N) is 2. The maximum atomic E-state index is 11.9. The molecule has 2 nitrogen and oxygen atoms in total. The maximum Gasteiger partial charge on any atom is 2.00 e. The van der Waals surface area contributed by atoms with Crippen LogP contribution in [-0.4, -0.2) is 4.70 Å². The SMILES string of the molecule is CCCCCCC1=C(c2ccc(CCCC)cc2)[N+](=[N-])C(c2ccc(CCCCCC)cc2)=C1CCCCCC.[Ni+2].[c-]1ccccc1.[c-]1ccccc1. The molecule has 3 heteroatoms. The van der Waals surface area contributed by atoms with Crippen molar-refractivity contribution in [1.82, 2.24) is 0 Å². The number of benzene rings is 4. The first-order valence-corrected chi connectivity index (χ1v) is 20.6. The number of allylic oxidation sites excluding steroid dienone is 2. The van der Waals surface area contributed by atoms with E-state index in [1.54, 1.807) is 4.70 Å². The van der Waals surface area contributed by atoms with E-state index in [4.69, 9.17) is 0 Å². The fraction of sp³-hybridized carbons (Fsp3) is 0.440. The quantitative estimate of drug-likeness (QED) is 0.0372. The summed E-state index contributed by atoms with van der Waals surface area (Å²) >= 11 is 0. The van der Waals surface area contributed by atoms with Crippen LogP contribution in [0.4, 0.5) is 0 Å². The van der Waals surface area contributed by atoms with Crippen LogP contribution in [0.5, 0.6) is 0 Å². The molecule has 0 fully saturated rings. The van der Waals surface area contributed by atoms with Crippen LogP contribution in [0.3, 0.4) is 0 Å². The minimum absolute atomic E-state index is 0. The van der Waals surface area contributed by atoms with E-state index in [9.17, 15) is 5.53 Å². The van der Waals surface area contributed by atoms with Crippen LogP contribution in [0.25, 0.3) is 16.9 Å². The first kappa shape index (κ1) is 45.6. The second kappa shape index (κ2) is 28.9. The van der Waals surface area contributed by atoms with Crippen molar-refractivity contribution in [2.24, 2.45) is 0 Å². The number of unbranched alkanes of at least 4 members (excludes halogenated alkanes) is 10. The Labute approximate surface area is 334 Å². The zero-order valence-electron chi connectivity index (χ0n) is 33.3. The summed E-state index contributed by atoms with van der Waals surface area (Å²) in [7, 11) is 0. The Morgan fingerprint density at radius 3 is 1.06 bits per heavy atom. The van der Waals surface area contributed by atoms with Crippen LogP contribution in [0.15, 0.2) is 120 Å². The van der Waals surface area contributed by atoms with Crippen LogP contribution in [0.2, 0.25) is 0 Å². The normalized spacial score (nSPS) is 12.1. The molecule has 286 valence electrons. The van der Waals surface area contributed by atoms with E-state index in [1.807, 2.05) is 60.7 Å². The molecule has 0 aromatic heterocycles. The van der Waals surface area contributed by atoms with Crippen molar-refractivity contribution in [3.05, 3.63) is 160 Å². The van der Waals surface area contributed by atoms with Gasteiger partial charge in [-0.1, -0.05) is 116 Å². The standard InChI is InChI=1S/C38H56N2.2C6H5.Ni/c1-5-9-13-16-20-32-25-29-34(30-26-32)38-36(22-18-15-11-7-3)35(21-17-14-10-6-2)37(40(38)39)33-27-23-31(24-28-33)19-12-8-4;2*1-2-4-6-5-3-1;/h23-30H,5-22H2,1-4H3;2*1-5H;/q;2*-1;+2. The summed E-state index contributed by atoms with van der Waals surface area (Å²) in [5.74, 6) is 0. The van der Waals surface area contributed by atoms with Crippen LogP contribution in [-0.2, 0) is 29.3 Å². The van der Waals surface area contributed by atoms with E-state index >= 15 is 0 Å². The summed E-state index contributed by atoms with van der Waals surface area (Å²) in [5.41, 5.74) is 21.8. The molecular formula is C50H66N2Ni. The topological polar surface area (TPSA) is 25.3 Å². The van der Waals surface area contributed by atoms with Gasteiger partial charge < -0.3 is 5.53 Å². The molecule has 1 heterocycles. The average molecular weight is 754 g/mol. The third kappa shape index (κ3) is 17.0. The summed E-state index contributed by atoms with van der Waals surface area (Å²) in [4.78, 5) is 0.